The number of anilines is 1. The average Bonchev–Trinajstić information content (AvgIpc) is 3.45. The molecule has 2 aromatic heterocycles. The fourth-order valence-electron chi connectivity index (χ4n) is 4.21. The van der Waals surface area contributed by atoms with Crippen molar-refractivity contribution in [1.29, 1.82) is 0 Å². The van der Waals surface area contributed by atoms with Gasteiger partial charge in [0.05, 0.1) is 11.7 Å². The van der Waals surface area contributed by atoms with E-state index in [1.54, 1.807) is 0 Å². The Bertz CT molecular complexity index is 1200. The maximum atomic E-state index is 6.40. The molecule has 3 heterocycles. The third kappa shape index (κ3) is 3.80. The first-order valence-electron chi connectivity index (χ1n) is 10.9. The molecule has 0 amide bonds. The van der Waals surface area contributed by atoms with Gasteiger partial charge in [-0.2, -0.15) is 0 Å². The van der Waals surface area contributed by atoms with E-state index < -0.39 is 0 Å². The monoisotopic (exact) mass is 439 g/mol. The lowest BCUT2D eigenvalue weighted by Crippen LogP contribution is -2.29. The summed E-state index contributed by atoms with van der Waals surface area (Å²) < 4.78 is 6.40. The van der Waals surface area contributed by atoms with Crippen LogP contribution in [-0.4, -0.2) is 10.1 Å². The summed E-state index contributed by atoms with van der Waals surface area (Å²) in [6.07, 6.45) is 1.81. The van der Waals surface area contributed by atoms with Gasteiger partial charge in [-0.1, -0.05) is 62.4 Å². The van der Waals surface area contributed by atoms with Crippen molar-refractivity contribution < 1.29 is 4.42 Å². The summed E-state index contributed by atoms with van der Waals surface area (Å²) in [6, 6.07) is 28.5. The molecule has 0 radical (unpaired) electrons. The lowest BCUT2D eigenvalue weighted by molar-refractivity contribution is 0.439. The first-order chi connectivity index (χ1) is 15.6. The van der Waals surface area contributed by atoms with E-state index in [1.165, 1.54) is 5.56 Å². The Morgan fingerprint density at radius 1 is 0.906 bits per heavy atom. The topological polar surface area (TPSA) is 41.3 Å². The van der Waals surface area contributed by atoms with Gasteiger partial charge in [-0.25, -0.2) is 0 Å². The lowest BCUT2D eigenvalue weighted by Gasteiger charge is -2.26. The van der Waals surface area contributed by atoms with E-state index >= 15 is 0 Å². The number of rotatable bonds is 5. The van der Waals surface area contributed by atoms with Crippen LogP contribution in [0.4, 0.5) is 5.69 Å². The highest BCUT2D eigenvalue weighted by molar-refractivity contribution is 7.80. The second-order valence-corrected chi connectivity index (χ2v) is 8.70. The highest BCUT2D eigenvalue weighted by atomic mass is 32.1. The second kappa shape index (κ2) is 8.60. The molecule has 32 heavy (non-hydrogen) atoms. The van der Waals surface area contributed by atoms with Gasteiger partial charge in [-0.05, 0) is 60.1 Å². The number of thiocarbonyl (C=S) groups is 1. The molecule has 1 fully saturated rings. The zero-order valence-electron chi connectivity index (χ0n) is 18.1. The number of nitrogens with zero attached hydrogens (tertiary/aromatic N) is 2. The van der Waals surface area contributed by atoms with Crippen molar-refractivity contribution >= 4 is 23.0 Å². The number of nitrogens with one attached hydrogen (secondary N) is 1. The second-order valence-electron chi connectivity index (χ2n) is 8.31. The highest BCUT2D eigenvalue weighted by Gasteiger charge is 2.42. The molecule has 160 valence electrons. The first kappa shape index (κ1) is 20.5. The molecule has 0 bridgehead atoms. The molecule has 2 aromatic carbocycles. The smallest absolute Gasteiger partial charge is 0.174 e. The molecule has 1 aliphatic rings. The fraction of sp³-hybridized carbons (Fsp3) is 0.185. The summed E-state index contributed by atoms with van der Waals surface area (Å²) in [5, 5.41) is 4.16. The minimum atomic E-state index is -0.153. The van der Waals surface area contributed by atoms with Gasteiger partial charge in [-0.15, -0.1) is 0 Å². The Morgan fingerprint density at radius 3 is 2.34 bits per heavy atom. The van der Waals surface area contributed by atoms with Gasteiger partial charge in [0.25, 0.3) is 0 Å². The molecular weight excluding hydrogens is 414 g/mol. The highest BCUT2D eigenvalue weighted by Crippen LogP contribution is 2.43. The number of benzene rings is 2. The number of aromatic nitrogens is 1. The largest absolute Gasteiger partial charge is 0.459 e. The lowest BCUT2D eigenvalue weighted by atomic mass is 10.0. The predicted octanol–water partition coefficient (Wildman–Crippen LogP) is 6.64. The van der Waals surface area contributed by atoms with Gasteiger partial charge < -0.3 is 14.6 Å². The summed E-state index contributed by atoms with van der Waals surface area (Å²) in [5.74, 6) is 2.16. The van der Waals surface area contributed by atoms with Crippen molar-refractivity contribution in [2.24, 2.45) is 0 Å². The fourth-order valence-corrected chi connectivity index (χ4v) is 4.56. The van der Waals surface area contributed by atoms with Crippen LogP contribution in [0.5, 0.6) is 0 Å². The van der Waals surface area contributed by atoms with Crippen molar-refractivity contribution in [3.8, 4) is 11.3 Å². The predicted molar refractivity (Wildman–Crippen MR) is 133 cm³/mol. The molecule has 0 unspecified atom stereocenters. The third-order valence-corrected chi connectivity index (χ3v) is 6.23. The normalized spacial score (nSPS) is 18.2. The SMILES string of the molecule is CC(C)c1ccc(N2C(=S)N[C@@H](c3ccccn3)[C@@H]2c2ccc(-c3ccccc3)o2)cc1. The molecule has 5 heteroatoms. The molecule has 4 nitrogen and oxygen atoms in total. The average molecular weight is 440 g/mol. The Balaban J connectivity index is 1.58. The quantitative estimate of drug-likeness (QED) is 0.353. The summed E-state index contributed by atoms with van der Waals surface area (Å²) >= 11 is 5.81. The van der Waals surface area contributed by atoms with E-state index in [4.69, 9.17) is 16.6 Å². The molecular formula is C27H25N3OS. The van der Waals surface area contributed by atoms with Gasteiger partial charge in [-0.3, -0.25) is 4.98 Å². The maximum absolute atomic E-state index is 6.40. The number of pyridine rings is 1. The van der Waals surface area contributed by atoms with E-state index in [0.29, 0.717) is 11.0 Å². The summed E-state index contributed by atoms with van der Waals surface area (Å²) in [4.78, 5) is 6.76. The zero-order chi connectivity index (χ0) is 22.1. The van der Waals surface area contributed by atoms with Crippen LogP contribution < -0.4 is 10.2 Å². The molecule has 0 saturated carbocycles. The van der Waals surface area contributed by atoms with Crippen LogP contribution in [0, 0.1) is 0 Å². The van der Waals surface area contributed by atoms with Crippen molar-refractivity contribution in [3.63, 3.8) is 0 Å². The number of furan rings is 1. The van der Waals surface area contributed by atoms with E-state index in [1.807, 2.05) is 54.7 Å². The van der Waals surface area contributed by atoms with E-state index in [0.717, 1.165) is 28.5 Å². The van der Waals surface area contributed by atoms with Crippen LogP contribution in [0.3, 0.4) is 0 Å². The van der Waals surface area contributed by atoms with E-state index in [2.05, 4.69) is 65.4 Å². The van der Waals surface area contributed by atoms with Crippen LogP contribution in [0.2, 0.25) is 0 Å². The minimum Gasteiger partial charge on any atom is -0.459 e. The van der Waals surface area contributed by atoms with Crippen molar-refractivity contribution in [1.82, 2.24) is 10.3 Å². The van der Waals surface area contributed by atoms with Gasteiger partial charge in [0, 0.05) is 17.4 Å². The standard InChI is InChI=1S/C27H25N3OS/c1-18(2)19-11-13-21(14-12-19)30-26(25(29-27(30)32)22-10-6-7-17-28-22)24-16-15-23(31-24)20-8-4-3-5-9-20/h3-18,25-26H,1-2H3,(H,29,32)/t25-,26-/m0/s1. The molecule has 1 aliphatic heterocycles. The van der Waals surface area contributed by atoms with Crippen LogP contribution in [0.25, 0.3) is 11.3 Å². The molecule has 5 rings (SSSR count). The van der Waals surface area contributed by atoms with E-state index in [9.17, 15) is 0 Å². The molecule has 0 aliphatic carbocycles. The number of hydrogen-bond donors (Lipinski definition) is 1. The Labute approximate surface area is 193 Å². The van der Waals surface area contributed by atoms with E-state index in [-0.39, 0.29) is 12.1 Å². The Morgan fingerprint density at radius 2 is 1.66 bits per heavy atom. The Kier molecular flexibility index (Phi) is 5.50. The molecule has 1 saturated heterocycles. The van der Waals surface area contributed by atoms with Gasteiger partial charge in [0.2, 0.25) is 0 Å². The van der Waals surface area contributed by atoms with Crippen molar-refractivity contribution in [2.45, 2.75) is 31.8 Å². The number of hydrogen-bond acceptors (Lipinski definition) is 3. The summed E-state index contributed by atoms with van der Waals surface area (Å²) in [7, 11) is 0. The zero-order valence-corrected chi connectivity index (χ0v) is 18.9. The van der Waals surface area contributed by atoms with Crippen LogP contribution in [-0.2, 0) is 0 Å². The summed E-state index contributed by atoms with van der Waals surface area (Å²) in [6.45, 7) is 4.40. The van der Waals surface area contributed by atoms with Crippen molar-refractivity contribution in [2.75, 3.05) is 4.90 Å². The molecule has 0 spiro atoms. The van der Waals surface area contributed by atoms with Gasteiger partial charge >= 0.3 is 0 Å². The molecule has 2 atom stereocenters. The van der Waals surface area contributed by atoms with Gasteiger partial charge in [0.1, 0.15) is 17.6 Å². The maximum Gasteiger partial charge on any atom is 0.174 e. The van der Waals surface area contributed by atoms with Crippen LogP contribution in [0.15, 0.2) is 95.5 Å². The van der Waals surface area contributed by atoms with Crippen molar-refractivity contribution in [3.05, 3.63) is 108 Å². The molecule has 1 N–H and O–H groups in total. The van der Waals surface area contributed by atoms with Crippen LogP contribution >= 0.6 is 12.2 Å². The third-order valence-electron chi connectivity index (χ3n) is 5.91. The van der Waals surface area contributed by atoms with Crippen LogP contribution in [0.1, 0.15) is 48.9 Å². The Hall–Kier alpha value is -3.44. The molecule has 4 aromatic rings. The minimum absolute atomic E-state index is 0.122. The first-order valence-corrected chi connectivity index (χ1v) is 11.3. The van der Waals surface area contributed by atoms with Gasteiger partial charge in [0.15, 0.2) is 5.11 Å². The summed E-state index contributed by atoms with van der Waals surface area (Å²) in [5.41, 5.74) is 4.32.